The van der Waals surface area contributed by atoms with Gasteiger partial charge in [0, 0.05) is 0 Å². The van der Waals surface area contributed by atoms with Crippen LogP contribution in [0.2, 0.25) is 0 Å². The van der Waals surface area contributed by atoms with Crippen molar-refractivity contribution in [1.29, 1.82) is 0 Å². The largest absolute Gasteiger partial charge is 0.494 e. The molecule has 0 aliphatic carbocycles. The van der Waals surface area contributed by atoms with Crippen molar-refractivity contribution >= 4 is 0 Å². The molecule has 138 valence electrons. The van der Waals surface area contributed by atoms with Gasteiger partial charge < -0.3 is 4.74 Å². The van der Waals surface area contributed by atoms with Gasteiger partial charge >= 0.3 is 0 Å². The summed E-state index contributed by atoms with van der Waals surface area (Å²) in [5.41, 5.74) is 1.29. The third-order valence-electron chi connectivity index (χ3n) is 5.08. The van der Waals surface area contributed by atoms with Gasteiger partial charge in [-0.05, 0) is 43.7 Å². The van der Waals surface area contributed by atoms with Gasteiger partial charge in [0.2, 0.25) is 0 Å². The van der Waals surface area contributed by atoms with E-state index < -0.39 is 0 Å². The second kappa shape index (κ2) is 13.3. The van der Waals surface area contributed by atoms with Gasteiger partial charge in [0.15, 0.2) is 0 Å². The summed E-state index contributed by atoms with van der Waals surface area (Å²) in [6.45, 7) is 10.0. The van der Waals surface area contributed by atoms with Crippen LogP contribution >= 0.6 is 0 Å². The quantitative estimate of drug-likeness (QED) is 0.319. The average Bonchev–Trinajstić information content (AvgIpc) is 2.56. The summed E-state index contributed by atoms with van der Waals surface area (Å²) >= 11 is 0. The van der Waals surface area contributed by atoms with Crippen molar-refractivity contribution in [2.45, 2.75) is 91.9 Å². The second-order valence-electron chi connectivity index (χ2n) is 7.64. The fourth-order valence-corrected chi connectivity index (χ4v) is 3.59. The molecule has 1 aromatic carbocycles. The summed E-state index contributed by atoms with van der Waals surface area (Å²) in [4.78, 5) is 0. The first-order chi connectivity index (χ1) is 11.7. The SMILES string of the molecule is CCCC(C)CCCC(CCC)CCCCOc1ccc(C)cc1. The molecule has 0 fully saturated rings. The average molecular weight is 333 g/mol. The molecule has 1 heteroatoms. The van der Waals surface area contributed by atoms with Crippen LogP contribution in [-0.4, -0.2) is 6.61 Å². The van der Waals surface area contributed by atoms with Crippen molar-refractivity contribution in [2.75, 3.05) is 6.61 Å². The summed E-state index contributed by atoms with van der Waals surface area (Å²) in [6, 6.07) is 8.39. The van der Waals surface area contributed by atoms with Crippen molar-refractivity contribution in [1.82, 2.24) is 0 Å². The Kier molecular flexibility index (Phi) is 11.7. The van der Waals surface area contributed by atoms with E-state index in [2.05, 4.69) is 52.0 Å². The molecule has 0 amide bonds. The van der Waals surface area contributed by atoms with Crippen LogP contribution in [0.4, 0.5) is 0 Å². The molecule has 0 spiro atoms. The zero-order valence-electron chi connectivity index (χ0n) is 16.7. The van der Waals surface area contributed by atoms with Gasteiger partial charge in [-0.2, -0.15) is 0 Å². The van der Waals surface area contributed by atoms with Crippen molar-refractivity contribution in [3.05, 3.63) is 29.8 Å². The highest BCUT2D eigenvalue weighted by Gasteiger charge is 2.09. The molecule has 0 bridgehead atoms. The highest BCUT2D eigenvalue weighted by Crippen LogP contribution is 2.24. The summed E-state index contributed by atoms with van der Waals surface area (Å²) in [5.74, 6) is 2.86. The highest BCUT2D eigenvalue weighted by atomic mass is 16.5. The lowest BCUT2D eigenvalue weighted by Gasteiger charge is -2.17. The molecule has 0 aliphatic heterocycles. The van der Waals surface area contributed by atoms with Crippen molar-refractivity contribution in [3.8, 4) is 5.75 Å². The minimum atomic E-state index is 0.857. The third-order valence-corrected chi connectivity index (χ3v) is 5.08. The fraction of sp³-hybridized carbons (Fsp3) is 0.739. The van der Waals surface area contributed by atoms with Crippen molar-refractivity contribution < 1.29 is 4.74 Å². The van der Waals surface area contributed by atoms with Crippen LogP contribution in [0, 0.1) is 18.8 Å². The molecule has 2 atom stereocenters. The molecular weight excluding hydrogens is 292 g/mol. The van der Waals surface area contributed by atoms with Crippen LogP contribution in [0.25, 0.3) is 0 Å². The Labute approximate surface area is 151 Å². The summed E-state index contributed by atoms with van der Waals surface area (Å²) in [7, 11) is 0. The highest BCUT2D eigenvalue weighted by molar-refractivity contribution is 5.26. The molecule has 2 unspecified atom stereocenters. The maximum atomic E-state index is 5.84. The van der Waals surface area contributed by atoms with Crippen LogP contribution < -0.4 is 4.74 Å². The molecular formula is C23H40O. The third kappa shape index (κ3) is 10.0. The smallest absolute Gasteiger partial charge is 0.119 e. The van der Waals surface area contributed by atoms with Gasteiger partial charge in [0.1, 0.15) is 5.75 Å². The molecule has 0 saturated carbocycles. The van der Waals surface area contributed by atoms with E-state index in [1.165, 1.54) is 69.8 Å². The molecule has 1 rings (SSSR count). The molecule has 0 aromatic heterocycles. The van der Waals surface area contributed by atoms with Gasteiger partial charge in [0.25, 0.3) is 0 Å². The number of aryl methyl sites for hydroxylation is 1. The lowest BCUT2D eigenvalue weighted by molar-refractivity contribution is 0.292. The first-order valence-corrected chi connectivity index (χ1v) is 10.3. The Morgan fingerprint density at radius 3 is 2.12 bits per heavy atom. The number of ether oxygens (including phenoxy) is 1. The van der Waals surface area contributed by atoms with Gasteiger partial charge in [0.05, 0.1) is 6.61 Å². The Morgan fingerprint density at radius 2 is 1.46 bits per heavy atom. The maximum absolute atomic E-state index is 5.84. The van der Waals surface area contributed by atoms with Crippen LogP contribution in [0.3, 0.4) is 0 Å². The fourth-order valence-electron chi connectivity index (χ4n) is 3.59. The first-order valence-electron chi connectivity index (χ1n) is 10.3. The predicted octanol–water partition coefficient (Wildman–Crippen LogP) is 7.57. The molecule has 1 aromatic rings. The van der Waals surface area contributed by atoms with Crippen LogP contribution in [0.15, 0.2) is 24.3 Å². The van der Waals surface area contributed by atoms with Gasteiger partial charge in [-0.25, -0.2) is 0 Å². The lowest BCUT2D eigenvalue weighted by atomic mass is 9.89. The van der Waals surface area contributed by atoms with E-state index in [0.717, 1.165) is 24.2 Å². The van der Waals surface area contributed by atoms with E-state index in [-0.39, 0.29) is 0 Å². The van der Waals surface area contributed by atoms with Crippen molar-refractivity contribution in [3.63, 3.8) is 0 Å². The molecule has 0 heterocycles. The first kappa shape index (κ1) is 21.1. The zero-order valence-corrected chi connectivity index (χ0v) is 16.7. The zero-order chi connectivity index (χ0) is 17.6. The van der Waals surface area contributed by atoms with Crippen molar-refractivity contribution in [2.24, 2.45) is 11.8 Å². The molecule has 0 saturated heterocycles. The van der Waals surface area contributed by atoms with E-state index in [0.29, 0.717) is 0 Å². The second-order valence-corrected chi connectivity index (χ2v) is 7.64. The minimum Gasteiger partial charge on any atom is -0.494 e. The molecule has 24 heavy (non-hydrogen) atoms. The van der Waals surface area contributed by atoms with Gasteiger partial charge in [-0.15, -0.1) is 0 Å². The van der Waals surface area contributed by atoms with Gasteiger partial charge in [-0.3, -0.25) is 0 Å². The molecule has 0 N–H and O–H groups in total. The summed E-state index contributed by atoms with van der Waals surface area (Å²) < 4.78 is 5.84. The number of unbranched alkanes of at least 4 members (excludes halogenated alkanes) is 1. The number of hydrogen-bond donors (Lipinski definition) is 0. The normalized spacial score (nSPS) is 13.7. The molecule has 1 nitrogen and oxygen atoms in total. The van der Waals surface area contributed by atoms with E-state index in [9.17, 15) is 0 Å². The monoisotopic (exact) mass is 332 g/mol. The van der Waals surface area contributed by atoms with Crippen LogP contribution in [0.5, 0.6) is 5.75 Å². The lowest BCUT2D eigenvalue weighted by Crippen LogP contribution is -2.04. The van der Waals surface area contributed by atoms with Gasteiger partial charge in [-0.1, -0.05) is 89.8 Å². The predicted molar refractivity (Wildman–Crippen MR) is 107 cm³/mol. The maximum Gasteiger partial charge on any atom is 0.119 e. The number of rotatable bonds is 14. The Hall–Kier alpha value is -0.980. The molecule has 0 aliphatic rings. The van der Waals surface area contributed by atoms with E-state index in [4.69, 9.17) is 4.74 Å². The van der Waals surface area contributed by atoms with E-state index >= 15 is 0 Å². The van der Waals surface area contributed by atoms with Crippen LogP contribution in [0.1, 0.15) is 90.5 Å². The Morgan fingerprint density at radius 1 is 0.792 bits per heavy atom. The van der Waals surface area contributed by atoms with Crippen LogP contribution in [-0.2, 0) is 0 Å². The summed E-state index contributed by atoms with van der Waals surface area (Å²) in [5, 5.41) is 0. The standard InChI is InChI=1S/C23H40O/c1-5-10-20(3)12-9-14-22(11-6-2)13-7-8-19-24-23-17-15-21(4)16-18-23/h15-18,20,22H,5-14,19H2,1-4H3. The topological polar surface area (TPSA) is 9.23 Å². The summed E-state index contributed by atoms with van der Waals surface area (Å²) in [6.07, 6.45) is 13.6. The Bertz CT molecular complexity index is 395. The number of hydrogen-bond acceptors (Lipinski definition) is 1. The van der Waals surface area contributed by atoms with E-state index in [1.54, 1.807) is 0 Å². The van der Waals surface area contributed by atoms with E-state index in [1.807, 2.05) is 0 Å². The number of benzene rings is 1. The Balaban J connectivity index is 2.12. The molecule has 0 radical (unpaired) electrons. The minimum absolute atomic E-state index is 0.857.